The van der Waals surface area contributed by atoms with Crippen molar-refractivity contribution in [1.82, 2.24) is 20.2 Å². The summed E-state index contributed by atoms with van der Waals surface area (Å²) < 4.78 is 0. The van der Waals surface area contributed by atoms with Crippen molar-refractivity contribution in [1.29, 1.82) is 0 Å². The number of carboxylic acids is 1. The number of nitrogens with zero attached hydrogens (tertiary/aromatic N) is 4. The van der Waals surface area contributed by atoms with Gasteiger partial charge in [0.2, 0.25) is 5.82 Å². The summed E-state index contributed by atoms with van der Waals surface area (Å²) in [6, 6.07) is 13.5. The van der Waals surface area contributed by atoms with Gasteiger partial charge in [0.25, 0.3) is 0 Å². The minimum atomic E-state index is -1.22. The zero-order valence-corrected chi connectivity index (χ0v) is 12.1. The van der Waals surface area contributed by atoms with Crippen LogP contribution < -0.4 is 5.11 Å². The number of hydrogen-bond acceptors (Lipinski definition) is 5. The van der Waals surface area contributed by atoms with Crippen LogP contribution in [0.1, 0.15) is 15.9 Å². The molecule has 0 aliphatic rings. The largest absolute Gasteiger partial charge is 0.545 e. The Labute approximate surface area is 131 Å². The van der Waals surface area contributed by atoms with E-state index >= 15 is 0 Å². The van der Waals surface area contributed by atoms with Crippen molar-refractivity contribution >= 4 is 17.6 Å². The molecule has 1 heterocycles. The SMILES string of the molecule is O=C([O-])c1ccc(-c2nnn(Cc3cccc(Cl)c3)n2)cc1. The number of aromatic carboxylic acids is 1. The van der Waals surface area contributed by atoms with Crippen LogP contribution >= 0.6 is 11.6 Å². The molecule has 110 valence electrons. The summed E-state index contributed by atoms with van der Waals surface area (Å²) in [6.45, 7) is 0.449. The van der Waals surface area contributed by atoms with Crippen LogP contribution in [0.5, 0.6) is 0 Å². The van der Waals surface area contributed by atoms with E-state index < -0.39 is 5.97 Å². The van der Waals surface area contributed by atoms with Gasteiger partial charge in [-0.1, -0.05) is 48.0 Å². The van der Waals surface area contributed by atoms with Gasteiger partial charge in [0.05, 0.1) is 12.5 Å². The van der Waals surface area contributed by atoms with Crippen LogP contribution in [0.15, 0.2) is 48.5 Å². The molecule has 0 radical (unpaired) electrons. The van der Waals surface area contributed by atoms with Gasteiger partial charge in [-0.15, -0.1) is 10.2 Å². The molecule has 0 saturated heterocycles. The molecule has 3 aromatic rings. The lowest BCUT2D eigenvalue weighted by atomic mass is 10.1. The lowest BCUT2D eigenvalue weighted by molar-refractivity contribution is -0.255. The summed E-state index contributed by atoms with van der Waals surface area (Å²) in [5, 5.41) is 23.6. The minimum Gasteiger partial charge on any atom is -0.545 e. The van der Waals surface area contributed by atoms with Gasteiger partial charge in [-0.05, 0) is 28.5 Å². The molecule has 2 aromatic carbocycles. The number of halogens is 1. The van der Waals surface area contributed by atoms with Crippen molar-refractivity contribution in [3.63, 3.8) is 0 Å². The Balaban J connectivity index is 1.80. The van der Waals surface area contributed by atoms with E-state index in [0.29, 0.717) is 23.0 Å². The third-order valence-electron chi connectivity index (χ3n) is 3.04. The summed E-state index contributed by atoms with van der Waals surface area (Å²) in [4.78, 5) is 12.2. The minimum absolute atomic E-state index is 0.107. The second-order valence-electron chi connectivity index (χ2n) is 4.64. The molecule has 3 rings (SSSR count). The van der Waals surface area contributed by atoms with Crippen LogP contribution in [-0.2, 0) is 6.54 Å². The third kappa shape index (κ3) is 3.12. The number of aromatic nitrogens is 4. The highest BCUT2D eigenvalue weighted by Crippen LogP contribution is 2.15. The quantitative estimate of drug-likeness (QED) is 0.727. The first kappa shape index (κ1) is 14.2. The van der Waals surface area contributed by atoms with E-state index in [1.807, 2.05) is 18.2 Å². The topological polar surface area (TPSA) is 83.7 Å². The van der Waals surface area contributed by atoms with Crippen molar-refractivity contribution in [2.24, 2.45) is 0 Å². The summed E-state index contributed by atoms with van der Waals surface area (Å²) in [5.41, 5.74) is 1.75. The van der Waals surface area contributed by atoms with Crippen molar-refractivity contribution < 1.29 is 9.90 Å². The molecule has 7 heteroatoms. The first-order valence-corrected chi connectivity index (χ1v) is 6.83. The first-order chi connectivity index (χ1) is 10.6. The Hall–Kier alpha value is -2.73. The van der Waals surface area contributed by atoms with Crippen molar-refractivity contribution in [2.45, 2.75) is 6.54 Å². The average Bonchev–Trinajstić information content (AvgIpc) is 2.96. The molecule has 0 bridgehead atoms. The van der Waals surface area contributed by atoms with E-state index in [2.05, 4.69) is 15.4 Å². The lowest BCUT2D eigenvalue weighted by Crippen LogP contribution is -2.21. The molecule has 0 spiro atoms. The van der Waals surface area contributed by atoms with E-state index in [4.69, 9.17) is 11.6 Å². The molecule has 0 unspecified atom stereocenters. The number of benzene rings is 2. The Morgan fingerprint density at radius 3 is 2.64 bits per heavy atom. The van der Waals surface area contributed by atoms with E-state index in [1.165, 1.54) is 16.9 Å². The molecule has 0 amide bonds. The van der Waals surface area contributed by atoms with Gasteiger partial charge in [0.15, 0.2) is 0 Å². The van der Waals surface area contributed by atoms with Gasteiger partial charge in [0, 0.05) is 10.6 Å². The first-order valence-electron chi connectivity index (χ1n) is 6.46. The number of rotatable bonds is 4. The van der Waals surface area contributed by atoms with Crippen LogP contribution in [0.4, 0.5) is 0 Å². The van der Waals surface area contributed by atoms with E-state index in [-0.39, 0.29) is 5.56 Å². The van der Waals surface area contributed by atoms with E-state index in [1.54, 1.807) is 18.2 Å². The predicted molar refractivity (Wildman–Crippen MR) is 78.1 cm³/mol. The van der Waals surface area contributed by atoms with Crippen LogP contribution in [0.25, 0.3) is 11.4 Å². The summed E-state index contributed by atoms with van der Waals surface area (Å²) in [7, 11) is 0. The number of tetrazole rings is 1. The predicted octanol–water partition coefficient (Wildman–Crippen LogP) is 1.41. The highest BCUT2D eigenvalue weighted by molar-refractivity contribution is 6.30. The number of carboxylic acid groups (broad SMARTS) is 1. The monoisotopic (exact) mass is 313 g/mol. The molecular weight excluding hydrogens is 304 g/mol. The maximum Gasteiger partial charge on any atom is 0.204 e. The maximum absolute atomic E-state index is 10.7. The van der Waals surface area contributed by atoms with Crippen molar-refractivity contribution in [3.8, 4) is 11.4 Å². The molecule has 0 N–H and O–H groups in total. The number of carbonyl (C=O) groups is 1. The zero-order valence-electron chi connectivity index (χ0n) is 11.3. The average molecular weight is 314 g/mol. The van der Waals surface area contributed by atoms with Crippen LogP contribution in [0, 0.1) is 0 Å². The molecule has 0 saturated carbocycles. The van der Waals surface area contributed by atoms with Gasteiger partial charge >= 0.3 is 0 Å². The number of carbonyl (C=O) groups excluding carboxylic acids is 1. The van der Waals surface area contributed by atoms with Gasteiger partial charge in [-0.3, -0.25) is 0 Å². The maximum atomic E-state index is 10.7. The molecule has 0 aliphatic heterocycles. The summed E-state index contributed by atoms with van der Waals surface area (Å²) >= 11 is 5.93. The fraction of sp³-hybridized carbons (Fsp3) is 0.0667. The van der Waals surface area contributed by atoms with E-state index in [9.17, 15) is 9.90 Å². The molecule has 1 aromatic heterocycles. The smallest absolute Gasteiger partial charge is 0.204 e. The normalized spacial score (nSPS) is 10.6. The standard InChI is InChI=1S/C15H11ClN4O2/c16-13-3-1-2-10(8-13)9-20-18-14(17-19-20)11-4-6-12(7-5-11)15(21)22/h1-8H,9H2,(H,21,22)/p-1. The molecule has 22 heavy (non-hydrogen) atoms. The van der Waals surface area contributed by atoms with Gasteiger partial charge in [-0.25, -0.2) is 0 Å². The van der Waals surface area contributed by atoms with Crippen LogP contribution in [0.3, 0.4) is 0 Å². The molecular formula is C15H10ClN4O2-. The Kier molecular flexibility index (Phi) is 3.84. The lowest BCUT2D eigenvalue weighted by Gasteiger charge is -2.02. The molecule has 0 fully saturated rings. The third-order valence-corrected chi connectivity index (χ3v) is 3.28. The second kappa shape index (κ2) is 5.95. The Morgan fingerprint density at radius 1 is 1.18 bits per heavy atom. The van der Waals surface area contributed by atoms with Crippen molar-refractivity contribution in [2.75, 3.05) is 0 Å². The second-order valence-corrected chi connectivity index (χ2v) is 5.07. The van der Waals surface area contributed by atoms with E-state index in [0.717, 1.165) is 5.56 Å². The highest BCUT2D eigenvalue weighted by atomic mass is 35.5. The number of hydrogen-bond donors (Lipinski definition) is 0. The summed E-state index contributed by atoms with van der Waals surface area (Å²) in [6.07, 6.45) is 0. The van der Waals surface area contributed by atoms with Crippen molar-refractivity contribution in [3.05, 3.63) is 64.7 Å². The molecule has 0 aliphatic carbocycles. The zero-order chi connectivity index (χ0) is 15.5. The molecule has 0 atom stereocenters. The highest BCUT2D eigenvalue weighted by Gasteiger charge is 2.07. The van der Waals surface area contributed by atoms with Gasteiger partial charge in [-0.2, -0.15) is 4.80 Å². The fourth-order valence-corrected chi connectivity index (χ4v) is 2.19. The fourth-order valence-electron chi connectivity index (χ4n) is 1.98. The van der Waals surface area contributed by atoms with Gasteiger partial charge < -0.3 is 9.90 Å². The van der Waals surface area contributed by atoms with Crippen LogP contribution in [-0.4, -0.2) is 26.2 Å². The van der Waals surface area contributed by atoms with Crippen LogP contribution in [0.2, 0.25) is 5.02 Å². The summed E-state index contributed by atoms with van der Waals surface area (Å²) in [5.74, 6) is -0.795. The Bertz CT molecular complexity index is 814. The Morgan fingerprint density at radius 2 is 1.95 bits per heavy atom. The molecule has 6 nitrogen and oxygen atoms in total. The van der Waals surface area contributed by atoms with Gasteiger partial charge in [0.1, 0.15) is 0 Å².